The van der Waals surface area contributed by atoms with Gasteiger partial charge in [0.2, 0.25) is 0 Å². The second-order valence-electron chi connectivity index (χ2n) is 4.97. The average molecular weight is 284 g/mol. The van der Waals surface area contributed by atoms with Gasteiger partial charge in [0, 0.05) is 25.3 Å². The van der Waals surface area contributed by atoms with Crippen LogP contribution in [0.1, 0.15) is 26.3 Å². The van der Waals surface area contributed by atoms with Crippen LogP contribution in [0.5, 0.6) is 0 Å². The SMILES string of the molecule is CCOCC(NCc1cc(F)cc([N+](=O)[O-])c1)C(C)C. The molecule has 0 heterocycles. The predicted octanol–water partition coefficient (Wildman–Crippen LogP) is 2.88. The third-order valence-corrected chi connectivity index (χ3v) is 3.03. The molecule has 0 amide bonds. The molecule has 0 saturated carbocycles. The standard InChI is InChI=1S/C14H21FN2O3/c1-4-20-9-14(10(2)3)16-8-11-5-12(15)7-13(6-11)17(18)19/h5-7,10,14,16H,4,8-9H2,1-3H3. The molecule has 0 aliphatic rings. The van der Waals surface area contributed by atoms with Gasteiger partial charge in [-0.2, -0.15) is 0 Å². The molecule has 6 heteroatoms. The summed E-state index contributed by atoms with van der Waals surface area (Å²) in [5, 5.41) is 13.9. The molecule has 1 aromatic carbocycles. The van der Waals surface area contributed by atoms with Crippen LogP contribution in [0, 0.1) is 21.8 Å². The van der Waals surface area contributed by atoms with E-state index in [-0.39, 0.29) is 11.7 Å². The fourth-order valence-corrected chi connectivity index (χ4v) is 1.82. The number of benzene rings is 1. The van der Waals surface area contributed by atoms with E-state index in [4.69, 9.17) is 4.74 Å². The Labute approximate surface area is 118 Å². The van der Waals surface area contributed by atoms with Gasteiger partial charge in [-0.15, -0.1) is 0 Å². The highest BCUT2D eigenvalue weighted by Gasteiger charge is 2.14. The fraction of sp³-hybridized carbons (Fsp3) is 0.571. The lowest BCUT2D eigenvalue weighted by atomic mass is 10.0. The van der Waals surface area contributed by atoms with Crippen LogP contribution < -0.4 is 5.32 Å². The molecule has 0 radical (unpaired) electrons. The van der Waals surface area contributed by atoms with E-state index in [2.05, 4.69) is 19.2 Å². The number of hydrogen-bond donors (Lipinski definition) is 1. The minimum absolute atomic E-state index is 0.122. The van der Waals surface area contributed by atoms with Crippen LogP contribution in [0.3, 0.4) is 0 Å². The zero-order valence-electron chi connectivity index (χ0n) is 12.1. The molecular formula is C14H21FN2O3. The minimum atomic E-state index is -0.595. The van der Waals surface area contributed by atoms with Crippen molar-refractivity contribution in [1.29, 1.82) is 0 Å². The zero-order chi connectivity index (χ0) is 15.1. The Bertz CT molecular complexity index is 452. The van der Waals surface area contributed by atoms with Gasteiger partial charge in [0.15, 0.2) is 0 Å². The van der Waals surface area contributed by atoms with Crippen LogP contribution in [-0.4, -0.2) is 24.2 Å². The second kappa shape index (κ2) is 7.91. The Kier molecular flexibility index (Phi) is 6.54. The summed E-state index contributed by atoms with van der Waals surface area (Å²) in [6.45, 7) is 7.61. The van der Waals surface area contributed by atoms with E-state index in [0.29, 0.717) is 31.2 Å². The molecule has 5 nitrogen and oxygen atoms in total. The van der Waals surface area contributed by atoms with Gasteiger partial charge < -0.3 is 10.1 Å². The molecule has 1 rings (SSSR count). The molecule has 20 heavy (non-hydrogen) atoms. The topological polar surface area (TPSA) is 64.4 Å². The maximum atomic E-state index is 13.3. The summed E-state index contributed by atoms with van der Waals surface area (Å²) < 4.78 is 18.7. The fourth-order valence-electron chi connectivity index (χ4n) is 1.82. The minimum Gasteiger partial charge on any atom is -0.380 e. The van der Waals surface area contributed by atoms with Gasteiger partial charge in [-0.25, -0.2) is 4.39 Å². The largest absolute Gasteiger partial charge is 0.380 e. The molecule has 0 fully saturated rings. The number of ether oxygens (including phenoxy) is 1. The van der Waals surface area contributed by atoms with Gasteiger partial charge in [-0.05, 0) is 24.5 Å². The number of rotatable bonds is 8. The summed E-state index contributed by atoms with van der Waals surface area (Å²) in [5.41, 5.74) is 0.326. The number of nitrogens with one attached hydrogen (secondary N) is 1. The summed E-state index contributed by atoms with van der Waals surface area (Å²) in [5.74, 6) is -0.244. The smallest absolute Gasteiger partial charge is 0.272 e. The monoisotopic (exact) mass is 284 g/mol. The van der Waals surface area contributed by atoms with Gasteiger partial charge in [-0.3, -0.25) is 10.1 Å². The molecule has 1 N–H and O–H groups in total. The van der Waals surface area contributed by atoms with Crippen molar-refractivity contribution in [2.24, 2.45) is 5.92 Å². The Morgan fingerprint density at radius 3 is 2.65 bits per heavy atom. The molecule has 0 saturated heterocycles. The van der Waals surface area contributed by atoms with Crippen molar-refractivity contribution in [1.82, 2.24) is 5.32 Å². The molecule has 0 bridgehead atoms. The Hall–Kier alpha value is -1.53. The van der Waals surface area contributed by atoms with Crippen LogP contribution in [0.2, 0.25) is 0 Å². The van der Waals surface area contributed by atoms with Crippen LogP contribution in [0.25, 0.3) is 0 Å². The molecule has 0 aliphatic heterocycles. The zero-order valence-corrected chi connectivity index (χ0v) is 12.1. The van der Waals surface area contributed by atoms with E-state index >= 15 is 0 Å². The van der Waals surface area contributed by atoms with Gasteiger partial charge in [0.25, 0.3) is 5.69 Å². The molecule has 0 aromatic heterocycles. The predicted molar refractivity (Wildman–Crippen MR) is 75.0 cm³/mol. The van der Waals surface area contributed by atoms with E-state index in [1.165, 1.54) is 12.1 Å². The molecule has 1 unspecified atom stereocenters. The van der Waals surface area contributed by atoms with Crippen molar-refractivity contribution >= 4 is 5.69 Å². The molecule has 112 valence electrons. The van der Waals surface area contributed by atoms with Crippen molar-refractivity contribution < 1.29 is 14.1 Å². The van der Waals surface area contributed by atoms with Crippen molar-refractivity contribution in [3.8, 4) is 0 Å². The number of hydrogen-bond acceptors (Lipinski definition) is 4. The lowest BCUT2D eigenvalue weighted by Gasteiger charge is -2.22. The first-order chi connectivity index (χ1) is 9.43. The third-order valence-electron chi connectivity index (χ3n) is 3.03. The van der Waals surface area contributed by atoms with Crippen molar-refractivity contribution in [3.05, 3.63) is 39.7 Å². The van der Waals surface area contributed by atoms with Crippen molar-refractivity contribution in [2.75, 3.05) is 13.2 Å². The van der Waals surface area contributed by atoms with Gasteiger partial charge in [-0.1, -0.05) is 13.8 Å². The molecule has 1 atom stereocenters. The van der Waals surface area contributed by atoms with Crippen LogP contribution in [-0.2, 0) is 11.3 Å². The summed E-state index contributed by atoms with van der Waals surface area (Å²) in [7, 11) is 0. The van der Waals surface area contributed by atoms with Crippen molar-refractivity contribution in [2.45, 2.75) is 33.4 Å². The quantitative estimate of drug-likeness (QED) is 0.589. The molecule has 0 spiro atoms. The number of halogens is 1. The number of non-ortho nitro benzene ring substituents is 1. The second-order valence-corrected chi connectivity index (χ2v) is 4.97. The first-order valence-corrected chi connectivity index (χ1v) is 6.69. The van der Waals surface area contributed by atoms with E-state index in [0.717, 1.165) is 6.07 Å². The Balaban J connectivity index is 2.69. The number of nitro benzene ring substituents is 1. The molecule has 0 aliphatic carbocycles. The molecule has 1 aromatic rings. The van der Waals surface area contributed by atoms with Crippen LogP contribution in [0.15, 0.2) is 18.2 Å². The summed E-state index contributed by atoms with van der Waals surface area (Å²) in [6.07, 6.45) is 0. The highest BCUT2D eigenvalue weighted by atomic mass is 19.1. The number of nitrogens with zero attached hydrogens (tertiary/aromatic N) is 1. The Morgan fingerprint density at radius 1 is 1.40 bits per heavy atom. The van der Waals surface area contributed by atoms with E-state index in [1.54, 1.807) is 0 Å². The van der Waals surface area contributed by atoms with Crippen LogP contribution in [0.4, 0.5) is 10.1 Å². The number of nitro groups is 1. The Morgan fingerprint density at radius 2 is 2.10 bits per heavy atom. The highest BCUT2D eigenvalue weighted by molar-refractivity contribution is 5.35. The highest BCUT2D eigenvalue weighted by Crippen LogP contribution is 2.16. The van der Waals surface area contributed by atoms with Gasteiger partial charge >= 0.3 is 0 Å². The lowest BCUT2D eigenvalue weighted by molar-refractivity contribution is -0.385. The maximum Gasteiger partial charge on any atom is 0.272 e. The average Bonchev–Trinajstić information content (AvgIpc) is 2.37. The maximum absolute atomic E-state index is 13.3. The van der Waals surface area contributed by atoms with Crippen molar-refractivity contribution in [3.63, 3.8) is 0 Å². The first-order valence-electron chi connectivity index (χ1n) is 6.69. The normalized spacial score (nSPS) is 12.7. The summed E-state index contributed by atoms with van der Waals surface area (Å²) in [4.78, 5) is 10.1. The van der Waals surface area contributed by atoms with Gasteiger partial charge in [0.05, 0.1) is 17.6 Å². The van der Waals surface area contributed by atoms with E-state index in [1.807, 2.05) is 6.92 Å². The summed E-state index contributed by atoms with van der Waals surface area (Å²) >= 11 is 0. The summed E-state index contributed by atoms with van der Waals surface area (Å²) in [6, 6.07) is 3.73. The van der Waals surface area contributed by atoms with Crippen LogP contribution >= 0.6 is 0 Å². The lowest BCUT2D eigenvalue weighted by Crippen LogP contribution is -2.37. The van der Waals surface area contributed by atoms with E-state index < -0.39 is 10.7 Å². The van der Waals surface area contributed by atoms with E-state index in [9.17, 15) is 14.5 Å². The first kappa shape index (κ1) is 16.5. The third kappa shape index (κ3) is 5.22. The van der Waals surface area contributed by atoms with Gasteiger partial charge in [0.1, 0.15) is 5.82 Å². The molecular weight excluding hydrogens is 263 g/mol.